The fraction of sp³-hybridized carbons (Fsp3) is 0.476. The maximum Gasteiger partial charge on any atom is 0.0762 e. The summed E-state index contributed by atoms with van der Waals surface area (Å²) in [5, 5.41) is 4.08. The van der Waals surface area contributed by atoms with Gasteiger partial charge in [0.25, 0.3) is 0 Å². The highest BCUT2D eigenvalue weighted by molar-refractivity contribution is 7.78. The van der Waals surface area contributed by atoms with Gasteiger partial charge in [-0.1, -0.05) is 39.0 Å². The monoisotopic (exact) mass is 336 g/mol. The van der Waals surface area contributed by atoms with Gasteiger partial charge in [0.2, 0.25) is 0 Å². The lowest BCUT2D eigenvalue weighted by Crippen LogP contribution is -2.49. The second-order valence-electron chi connectivity index (χ2n) is 8.24. The quantitative estimate of drug-likeness (QED) is 0.430. The molecule has 2 aromatic rings. The molecule has 4 rings (SSSR count). The van der Waals surface area contributed by atoms with E-state index in [0.29, 0.717) is 11.8 Å². The molecule has 124 valence electrons. The van der Waals surface area contributed by atoms with Gasteiger partial charge in [0.1, 0.15) is 0 Å². The molecule has 1 fully saturated rings. The standard InChI is InChI=1S/C21H24N2S/c1-5-21(4)10-9-15-18(19(21)23-12-24)13-11-22-16-8-6-7-14(17(13)16)20(15,2)3/h5-8,11,15,18-19,22H,1,9-10H2,2-4H3. The number of aromatic nitrogens is 1. The molecule has 4 unspecified atom stereocenters. The molecule has 3 heteroatoms. The molecule has 4 atom stereocenters. The number of hydrogen-bond acceptors (Lipinski definition) is 2. The van der Waals surface area contributed by atoms with E-state index in [9.17, 15) is 0 Å². The number of rotatable bonds is 2. The minimum atomic E-state index is -0.0288. The van der Waals surface area contributed by atoms with E-state index in [-0.39, 0.29) is 16.9 Å². The Labute approximate surface area is 149 Å². The minimum absolute atomic E-state index is 0.0288. The van der Waals surface area contributed by atoms with Crippen LogP contribution in [0.4, 0.5) is 0 Å². The van der Waals surface area contributed by atoms with Gasteiger partial charge in [0.05, 0.1) is 11.2 Å². The molecule has 2 aliphatic rings. The number of nitrogens with one attached hydrogen (secondary N) is 1. The average molecular weight is 337 g/mol. The van der Waals surface area contributed by atoms with Crippen molar-refractivity contribution in [3.8, 4) is 0 Å². The maximum absolute atomic E-state index is 5.01. The van der Waals surface area contributed by atoms with Crippen LogP contribution in [0.25, 0.3) is 10.9 Å². The summed E-state index contributed by atoms with van der Waals surface area (Å²) in [6.07, 6.45) is 6.57. The summed E-state index contributed by atoms with van der Waals surface area (Å²) in [6, 6.07) is 6.75. The first-order chi connectivity index (χ1) is 11.4. The summed E-state index contributed by atoms with van der Waals surface area (Å²) in [6.45, 7) is 11.2. The van der Waals surface area contributed by atoms with Gasteiger partial charge >= 0.3 is 0 Å². The summed E-state index contributed by atoms with van der Waals surface area (Å²) in [5.74, 6) is 0.910. The molecule has 0 bridgehead atoms. The van der Waals surface area contributed by atoms with Crippen LogP contribution < -0.4 is 0 Å². The first-order valence-electron chi connectivity index (χ1n) is 8.75. The van der Waals surface area contributed by atoms with Gasteiger partial charge in [0.15, 0.2) is 0 Å². The topological polar surface area (TPSA) is 28.1 Å². The highest BCUT2D eigenvalue weighted by Crippen LogP contribution is 2.59. The van der Waals surface area contributed by atoms with Crippen molar-refractivity contribution in [2.45, 2.75) is 51.0 Å². The smallest absolute Gasteiger partial charge is 0.0762 e. The van der Waals surface area contributed by atoms with Crippen LogP contribution in [0.15, 0.2) is 42.0 Å². The van der Waals surface area contributed by atoms with Gasteiger partial charge in [-0.25, -0.2) is 4.99 Å². The predicted molar refractivity (Wildman–Crippen MR) is 104 cm³/mol. The lowest BCUT2D eigenvalue weighted by molar-refractivity contribution is 0.104. The number of aromatic amines is 1. The third-order valence-corrected chi connectivity index (χ3v) is 6.92. The van der Waals surface area contributed by atoms with E-state index < -0.39 is 0 Å². The van der Waals surface area contributed by atoms with Crippen molar-refractivity contribution in [1.29, 1.82) is 0 Å². The Morgan fingerprint density at radius 2 is 2.17 bits per heavy atom. The van der Waals surface area contributed by atoms with Gasteiger partial charge in [-0.05, 0) is 53.6 Å². The lowest BCUT2D eigenvalue weighted by Gasteiger charge is -2.53. The van der Waals surface area contributed by atoms with E-state index in [1.807, 2.05) is 0 Å². The fourth-order valence-corrected chi connectivity index (χ4v) is 5.45. The van der Waals surface area contributed by atoms with Crippen molar-refractivity contribution in [1.82, 2.24) is 4.98 Å². The molecule has 1 N–H and O–H groups in total. The Morgan fingerprint density at radius 1 is 1.38 bits per heavy atom. The van der Waals surface area contributed by atoms with Crippen LogP contribution in [-0.4, -0.2) is 16.2 Å². The molecule has 0 aliphatic heterocycles. The molecule has 0 saturated heterocycles. The zero-order chi connectivity index (χ0) is 17.1. The van der Waals surface area contributed by atoms with Gasteiger partial charge < -0.3 is 4.98 Å². The molecule has 0 amide bonds. The second kappa shape index (κ2) is 5.15. The normalized spacial score (nSPS) is 33.5. The van der Waals surface area contributed by atoms with E-state index in [1.165, 1.54) is 28.5 Å². The Morgan fingerprint density at radius 3 is 2.88 bits per heavy atom. The number of H-pyrrole nitrogens is 1. The molecule has 0 radical (unpaired) electrons. The molecule has 2 nitrogen and oxygen atoms in total. The number of thiocarbonyl (C=S) groups is 1. The number of hydrogen-bond donors (Lipinski definition) is 1. The second-order valence-corrected chi connectivity index (χ2v) is 8.42. The molecule has 1 saturated carbocycles. The van der Waals surface area contributed by atoms with E-state index in [0.717, 1.165) is 6.42 Å². The average Bonchev–Trinajstić information content (AvgIpc) is 2.99. The van der Waals surface area contributed by atoms with Gasteiger partial charge in [-0.3, -0.25) is 0 Å². The summed E-state index contributed by atoms with van der Waals surface area (Å²) in [7, 11) is 0. The van der Waals surface area contributed by atoms with Crippen molar-refractivity contribution < 1.29 is 0 Å². The van der Waals surface area contributed by atoms with Crippen LogP contribution >= 0.6 is 12.2 Å². The highest BCUT2D eigenvalue weighted by atomic mass is 32.1. The van der Waals surface area contributed by atoms with E-state index >= 15 is 0 Å². The van der Waals surface area contributed by atoms with Crippen LogP contribution in [0.5, 0.6) is 0 Å². The van der Waals surface area contributed by atoms with Crippen molar-refractivity contribution in [3.05, 3.63) is 48.2 Å². The molecular weight excluding hydrogens is 312 g/mol. The van der Waals surface area contributed by atoms with E-state index in [2.05, 4.69) is 73.0 Å². The summed E-state index contributed by atoms with van der Waals surface area (Å²) >= 11 is 5.01. The molecular formula is C21H24N2S. The molecule has 2 aliphatic carbocycles. The predicted octanol–water partition coefficient (Wildman–Crippen LogP) is 5.62. The largest absolute Gasteiger partial charge is 0.361 e. The summed E-state index contributed by atoms with van der Waals surface area (Å²) in [4.78, 5) is 8.16. The SMILES string of the molecule is C=CC1(C)CCC2C(c3c[nH]c4cccc(c34)C2(C)C)C1N=C=S. The Hall–Kier alpha value is -1.70. The third kappa shape index (κ3) is 1.89. The zero-order valence-corrected chi connectivity index (χ0v) is 15.4. The number of isothiocyanates is 1. The van der Waals surface area contributed by atoms with Crippen molar-refractivity contribution in [2.24, 2.45) is 16.3 Å². The summed E-state index contributed by atoms with van der Waals surface area (Å²) < 4.78 is 0. The Bertz CT molecular complexity index is 871. The Balaban J connectivity index is 2.02. The number of fused-ring (bicyclic) bond motifs is 2. The van der Waals surface area contributed by atoms with Crippen LogP contribution in [-0.2, 0) is 5.41 Å². The van der Waals surface area contributed by atoms with Gasteiger partial charge in [0, 0.05) is 28.4 Å². The van der Waals surface area contributed by atoms with Gasteiger partial charge in [-0.15, -0.1) is 6.58 Å². The summed E-state index contributed by atoms with van der Waals surface area (Å²) in [5.41, 5.74) is 4.18. The highest BCUT2D eigenvalue weighted by Gasteiger charge is 2.53. The van der Waals surface area contributed by atoms with Crippen LogP contribution in [0.1, 0.15) is 50.7 Å². The first-order valence-corrected chi connectivity index (χ1v) is 9.16. The minimum Gasteiger partial charge on any atom is -0.361 e. The van der Waals surface area contributed by atoms with E-state index in [1.54, 1.807) is 0 Å². The van der Waals surface area contributed by atoms with Crippen LogP contribution in [0.3, 0.4) is 0 Å². The zero-order valence-electron chi connectivity index (χ0n) is 14.6. The van der Waals surface area contributed by atoms with Crippen molar-refractivity contribution in [3.63, 3.8) is 0 Å². The number of benzene rings is 1. The number of nitrogens with zero attached hydrogens (tertiary/aromatic N) is 1. The molecule has 1 heterocycles. The van der Waals surface area contributed by atoms with Crippen LogP contribution in [0, 0.1) is 11.3 Å². The van der Waals surface area contributed by atoms with Crippen molar-refractivity contribution in [2.75, 3.05) is 0 Å². The fourth-order valence-electron chi connectivity index (χ4n) is 5.34. The van der Waals surface area contributed by atoms with E-state index in [4.69, 9.17) is 12.2 Å². The maximum atomic E-state index is 5.01. The Kier molecular flexibility index (Phi) is 3.39. The van der Waals surface area contributed by atoms with Gasteiger partial charge in [-0.2, -0.15) is 0 Å². The lowest BCUT2D eigenvalue weighted by atomic mass is 9.51. The number of aliphatic imine (C=N–C) groups is 1. The third-order valence-electron chi connectivity index (χ3n) is 6.82. The van der Waals surface area contributed by atoms with Crippen LogP contribution in [0.2, 0.25) is 0 Å². The first kappa shape index (κ1) is 15.8. The molecule has 0 spiro atoms. The molecule has 1 aromatic heterocycles. The molecule has 24 heavy (non-hydrogen) atoms. The molecule has 1 aromatic carbocycles. The van der Waals surface area contributed by atoms with Crippen molar-refractivity contribution >= 4 is 28.3 Å².